The van der Waals surface area contributed by atoms with E-state index in [1.54, 1.807) is 0 Å². The Labute approximate surface area is 139 Å². The lowest BCUT2D eigenvalue weighted by Crippen LogP contribution is -2.61. The maximum Gasteiger partial charge on any atom is 0.137 e. The molecule has 0 radical (unpaired) electrons. The molecule has 0 fully saturated rings. The van der Waals surface area contributed by atoms with Crippen molar-refractivity contribution in [3.05, 3.63) is 79.4 Å². The van der Waals surface area contributed by atoms with Crippen molar-refractivity contribution in [1.29, 1.82) is 0 Å². The highest BCUT2D eigenvalue weighted by Gasteiger charge is 2.36. The van der Waals surface area contributed by atoms with Gasteiger partial charge in [-0.15, -0.1) is 0 Å². The summed E-state index contributed by atoms with van der Waals surface area (Å²) in [6, 6.07) is 23.5. The highest BCUT2D eigenvalue weighted by molar-refractivity contribution is 7.01. The van der Waals surface area contributed by atoms with Crippen LogP contribution in [0.4, 0.5) is 0 Å². The molecule has 0 aliphatic rings. The molecule has 0 atom stereocenters. The molecule has 2 aromatic carbocycles. The Bertz CT molecular complexity index is 654. The van der Waals surface area contributed by atoms with Crippen LogP contribution in [0.25, 0.3) is 0 Å². The van der Waals surface area contributed by atoms with Crippen molar-refractivity contribution in [3.8, 4) is 0 Å². The first-order chi connectivity index (χ1) is 11.3. The van der Waals surface area contributed by atoms with Crippen LogP contribution in [0.1, 0.15) is 19.8 Å². The molecule has 0 aliphatic heterocycles. The van der Waals surface area contributed by atoms with Crippen molar-refractivity contribution in [2.45, 2.75) is 32.0 Å². The zero-order valence-electron chi connectivity index (χ0n) is 13.7. The lowest BCUT2D eigenvalue weighted by atomic mass is 10.4. The summed E-state index contributed by atoms with van der Waals surface area (Å²) in [7, 11) is -1.85. The smallest absolute Gasteiger partial charge is 0.137 e. The van der Waals surface area contributed by atoms with Gasteiger partial charge in [0, 0.05) is 18.6 Å². The third kappa shape index (κ3) is 3.45. The van der Waals surface area contributed by atoms with Crippen LogP contribution in [0.3, 0.4) is 0 Å². The molecule has 3 aromatic rings. The van der Waals surface area contributed by atoms with Gasteiger partial charge in [-0.05, 0) is 6.04 Å². The predicted molar refractivity (Wildman–Crippen MR) is 99.8 cm³/mol. The van der Waals surface area contributed by atoms with Gasteiger partial charge < -0.3 is 4.57 Å². The Morgan fingerprint density at radius 3 is 2.00 bits per heavy atom. The minimum absolute atomic E-state index is 1.06. The van der Waals surface area contributed by atoms with E-state index in [0.29, 0.717) is 0 Å². The van der Waals surface area contributed by atoms with Crippen LogP contribution >= 0.6 is 0 Å². The number of hydrogen-bond acceptors (Lipinski definition) is 1. The lowest BCUT2D eigenvalue weighted by molar-refractivity contribution is 0.818. The Morgan fingerprint density at radius 2 is 1.52 bits per heavy atom. The molecular formula is C20H24N2Si. The summed E-state index contributed by atoms with van der Waals surface area (Å²) in [4.78, 5) is 4.26. The van der Waals surface area contributed by atoms with Gasteiger partial charge in [0.2, 0.25) is 0 Å². The van der Waals surface area contributed by atoms with Crippen LogP contribution in [0.5, 0.6) is 0 Å². The lowest BCUT2D eigenvalue weighted by Gasteiger charge is -2.33. The van der Waals surface area contributed by atoms with Crippen LogP contribution in [0.2, 0.25) is 6.04 Å². The van der Waals surface area contributed by atoms with Crippen LogP contribution < -0.4 is 10.4 Å². The molecule has 0 aliphatic carbocycles. The van der Waals surface area contributed by atoms with E-state index in [2.05, 4.69) is 83.3 Å². The summed E-state index contributed by atoms with van der Waals surface area (Å²) in [6.07, 6.45) is 9.50. The molecule has 23 heavy (non-hydrogen) atoms. The fourth-order valence-electron chi connectivity index (χ4n) is 3.40. The molecule has 0 saturated carbocycles. The van der Waals surface area contributed by atoms with Crippen LogP contribution in [0, 0.1) is 0 Å². The van der Waals surface area contributed by atoms with Gasteiger partial charge >= 0.3 is 0 Å². The number of benzene rings is 2. The average molecular weight is 321 g/mol. The third-order valence-electron chi connectivity index (χ3n) is 4.62. The Morgan fingerprint density at radius 1 is 0.913 bits per heavy atom. The van der Waals surface area contributed by atoms with E-state index in [1.807, 2.05) is 12.5 Å². The Balaban J connectivity index is 2.12. The van der Waals surface area contributed by atoms with Gasteiger partial charge in [0.25, 0.3) is 0 Å². The van der Waals surface area contributed by atoms with Crippen molar-refractivity contribution in [3.63, 3.8) is 0 Å². The van der Waals surface area contributed by atoms with E-state index >= 15 is 0 Å². The normalized spacial score (nSPS) is 11.5. The molecule has 3 rings (SSSR count). The van der Waals surface area contributed by atoms with Crippen molar-refractivity contribution >= 4 is 18.4 Å². The molecular weight excluding hydrogens is 296 g/mol. The molecule has 0 N–H and O–H groups in total. The monoisotopic (exact) mass is 320 g/mol. The predicted octanol–water partition coefficient (Wildman–Crippen LogP) is 3.49. The number of imidazole rings is 1. The highest BCUT2D eigenvalue weighted by atomic mass is 28.3. The zero-order chi connectivity index (χ0) is 16.0. The van der Waals surface area contributed by atoms with Gasteiger partial charge in [0.1, 0.15) is 8.07 Å². The van der Waals surface area contributed by atoms with E-state index in [9.17, 15) is 0 Å². The maximum atomic E-state index is 4.26. The van der Waals surface area contributed by atoms with E-state index in [1.165, 1.54) is 29.3 Å². The summed E-state index contributed by atoms with van der Waals surface area (Å²) >= 11 is 0. The number of nitrogens with zero attached hydrogens (tertiary/aromatic N) is 2. The second kappa shape index (κ2) is 7.42. The van der Waals surface area contributed by atoms with Crippen molar-refractivity contribution in [2.75, 3.05) is 0 Å². The first-order valence-electron chi connectivity index (χ1n) is 8.42. The highest BCUT2D eigenvalue weighted by Crippen LogP contribution is 2.18. The van der Waals surface area contributed by atoms with Crippen molar-refractivity contribution in [1.82, 2.24) is 9.55 Å². The van der Waals surface area contributed by atoms with E-state index < -0.39 is 8.07 Å². The molecule has 0 spiro atoms. The summed E-state index contributed by atoms with van der Waals surface area (Å²) in [5.74, 6) is 0. The van der Waals surface area contributed by atoms with Gasteiger partial charge in [0.05, 0.1) is 6.33 Å². The number of unbranched alkanes of at least 4 members (excludes halogenated alkanes) is 1. The topological polar surface area (TPSA) is 17.8 Å². The molecule has 3 heteroatoms. The van der Waals surface area contributed by atoms with E-state index in [0.717, 1.165) is 6.17 Å². The van der Waals surface area contributed by atoms with E-state index in [4.69, 9.17) is 0 Å². The van der Waals surface area contributed by atoms with Crippen LogP contribution in [0.15, 0.2) is 79.4 Å². The van der Waals surface area contributed by atoms with Crippen LogP contribution in [-0.4, -0.2) is 17.6 Å². The van der Waals surface area contributed by atoms with Crippen molar-refractivity contribution < 1.29 is 0 Å². The molecule has 2 nitrogen and oxygen atoms in total. The average Bonchev–Trinajstić information content (AvgIpc) is 3.13. The van der Waals surface area contributed by atoms with Gasteiger partial charge in [-0.25, -0.2) is 4.98 Å². The maximum absolute atomic E-state index is 4.26. The fourth-order valence-corrected chi connectivity index (χ4v) is 8.26. The number of rotatable bonds is 7. The minimum Gasteiger partial charge on any atom is -0.340 e. The fraction of sp³-hybridized carbons (Fsp3) is 0.250. The molecule has 0 saturated heterocycles. The van der Waals surface area contributed by atoms with Gasteiger partial charge in [0.15, 0.2) is 0 Å². The Kier molecular flexibility index (Phi) is 5.08. The SMILES string of the molecule is CCCC[Si](Cn1ccnc1)(c1ccccc1)c1ccccc1. The summed E-state index contributed by atoms with van der Waals surface area (Å²) in [6.45, 7) is 2.28. The molecule has 1 heterocycles. The summed E-state index contributed by atoms with van der Waals surface area (Å²) in [5, 5.41) is 3.04. The molecule has 0 unspecified atom stereocenters. The third-order valence-corrected chi connectivity index (χ3v) is 9.61. The van der Waals surface area contributed by atoms with Gasteiger partial charge in [-0.2, -0.15) is 0 Å². The van der Waals surface area contributed by atoms with Gasteiger partial charge in [-0.1, -0.05) is 90.8 Å². The molecule has 118 valence electrons. The first kappa shape index (κ1) is 15.8. The quantitative estimate of drug-likeness (QED) is 0.609. The summed E-state index contributed by atoms with van der Waals surface area (Å²) in [5.41, 5.74) is 0. The van der Waals surface area contributed by atoms with E-state index in [-0.39, 0.29) is 0 Å². The largest absolute Gasteiger partial charge is 0.340 e. The van der Waals surface area contributed by atoms with Crippen molar-refractivity contribution in [2.24, 2.45) is 0 Å². The molecule has 0 amide bonds. The minimum atomic E-state index is -1.85. The second-order valence-electron chi connectivity index (χ2n) is 6.15. The first-order valence-corrected chi connectivity index (χ1v) is 10.8. The van der Waals surface area contributed by atoms with Gasteiger partial charge in [-0.3, -0.25) is 0 Å². The number of aromatic nitrogens is 2. The van der Waals surface area contributed by atoms with Crippen LogP contribution in [-0.2, 0) is 6.17 Å². The zero-order valence-corrected chi connectivity index (χ0v) is 14.7. The second-order valence-corrected chi connectivity index (χ2v) is 10.3. The Hall–Kier alpha value is -2.13. The molecule has 0 bridgehead atoms. The number of hydrogen-bond donors (Lipinski definition) is 0. The molecule has 1 aromatic heterocycles. The summed E-state index contributed by atoms with van der Waals surface area (Å²) < 4.78 is 2.27. The standard InChI is InChI=1S/C20H24N2Si/c1-2-3-16-23(18-22-15-14-21-17-22,19-10-6-4-7-11-19)20-12-8-5-9-13-20/h4-15,17H,2-3,16,18H2,1H3.